The molecular weight excluding hydrogens is 356 g/mol. The molecule has 2 aromatic rings. The lowest BCUT2D eigenvalue weighted by Crippen LogP contribution is -2.31. The number of carbonyl (C=O) groups is 3. The number of benzene rings is 2. The Hall–Kier alpha value is -3.15. The molecule has 0 saturated carbocycles. The topological polar surface area (TPSA) is 75.7 Å². The highest BCUT2D eigenvalue weighted by molar-refractivity contribution is 5.95. The lowest BCUT2D eigenvalue weighted by molar-refractivity contribution is -0.127. The van der Waals surface area contributed by atoms with Gasteiger partial charge in [-0.1, -0.05) is 24.3 Å². The van der Waals surface area contributed by atoms with Crippen molar-refractivity contribution in [1.82, 2.24) is 10.2 Å². The van der Waals surface area contributed by atoms with Crippen LogP contribution in [0.1, 0.15) is 34.1 Å². The SMILES string of the molecule is CCN1C[C@@H](CNC(=O)c2ccc(-c3cccc(C(=O)OC)c3)cc2)CC1=O. The van der Waals surface area contributed by atoms with Crippen molar-refractivity contribution in [2.24, 2.45) is 5.92 Å². The number of hydrogen-bond acceptors (Lipinski definition) is 4. The largest absolute Gasteiger partial charge is 0.465 e. The van der Waals surface area contributed by atoms with Gasteiger partial charge in [0.25, 0.3) is 5.91 Å². The third kappa shape index (κ3) is 4.39. The van der Waals surface area contributed by atoms with Gasteiger partial charge in [0.2, 0.25) is 5.91 Å². The molecule has 146 valence electrons. The third-order valence-electron chi connectivity index (χ3n) is 4.99. The number of likely N-dealkylation sites (tertiary alicyclic amines) is 1. The first kappa shape index (κ1) is 19.6. The summed E-state index contributed by atoms with van der Waals surface area (Å²) < 4.78 is 4.75. The maximum absolute atomic E-state index is 12.4. The molecule has 2 aromatic carbocycles. The van der Waals surface area contributed by atoms with Gasteiger partial charge in [-0.15, -0.1) is 0 Å². The standard InChI is InChI=1S/C22H24N2O4/c1-3-24-14-15(11-20(24)25)13-23-21(26)17-9-7-16(8-10-17)18-5-4-6-19(12-18)22(27)28-2/h4-10,12,15H,3,11,13-14H2,1-2H3,(H,23,26)/t15-/m1/s1. The van der Waals surface area contributed by atoms with Crippen LogP contribution in [0.4, 0.5) is 0 Å². The Balaban J connectivity index is 1.62. The second-order valence-electron chi connectivity index (χ2n) is 6.86. The van der Waals surface area contributed by atoms with Gasteiger partial charge < -0.3 is 15.0 Å². The lowest BCUT2D eigenvalue weighted by Gasteiger charge is -2.14. The van der Waals surface area contributed by atoms with Crippen molar-refractivity contribution in [3.63, 3.8) is 0 Å². The highest BCUT2D eigenvalue weighted by Crippen LogP contribution is 2.22. The van der Waals surface area contributed by atoms with Gasteiger partial charge in [-0.05, 0) is 42.3 Å². The van der Waals surface area contributed by atoms with Gasteiger partial charge >= 0.3 is 5.97 Å². The van der Waals surface area contributed by atoms with Crippen molar-refractivity contribution < 1.29 is 19.1 Å². The summed E-state index contributed by atoms with van der Waals surface area (Å²) in [5.41, 5.74) is 2.82. The first-order valence-corrected chi connectivity index (χ1v) is 9.36. The number of rotatable bonds is 6. The fourth-order valence-corrected chi connectivity index (χ4v) is 3.39. The van der Waals surface area contributed by atoms with Crippen LogP contribution in [0.15, 0.2) is 48.5 Å². The number of amides is 2. The molecule has 0 spiro atoms. The first-order valence-electron chi connectivity index (χ1n) is 9.36. The zero-order valence-corrected chi connectivity index (χ0v) is 16.1. The Bertz CT molecular complexity index is 876. The highest BCUT2D eigenvalue weighted by atomic mass is 16.5. The molecule has 1 N–H and O–H groups in total. The van der Waals surface area contributed by atoms with E-state index in [2.05, 4.69) is 5.32 Å². The van der Waals surface area contributed by atoms with E-state index >= 15 is 0 Å². The Morgan fingerprint density at radius 1 is 1.11 bits per heavy atom. The monoisotopic (exact) mass is 380 g/mol. The van der Waals surface area contributed by atoms with Gasteiger partial charge in [0.1, 0.15) is 0 Å². The molecule has 1 heterocycles. The van der Waals surface area contributed by atoms with E-state index in [1.807, 2.05) is 30.0 Å². The number of hydrogen-bond donors (Lipinski definition) is 1. The molecule has 1 aliphatic rings. The zero-order valence-electron chi connectivity index (χ0n) is 16.1. The quantitative estimate of drug-likeness (QED) is 0.782. The molecule has 2 amide bonds. The van der Waals surface area contributed by atoms with Gasteiger partial charge in [-0.25, -0.2) is 4.79 Å². The van der Waals surface area contributed by atoms with Gasteiger partial charge in [0.05, 0.1) is 12.7 Å². The fourth-order valence-electron chi connectivity index (χ4n) is 3.39. The van der Waals surface area contributed by atoms with Crippen LogP contribution in [0.2, 0.25) is 0 Å². The van der Waals surface area contributed by atoms with E-state index in [0.29, 0.717) is 37.2 Å². The van der Waals surface area contributed by atoms with Gasteiger partial charge in [-0.3, -0.25) is 9.59 Å². The molecule has 1 fully saturated rings. The Morgan fingerprint density at radius 3 is 2.50 bits per heavy atom. The van der Waals surface area contributed by atoms with E-state index in [4.69, 9.17) is 4.74 Å². The van der Waals surface area contributed by atoms with Crippen LogP contribution in [-0.4, -0.2) is 49.4 Å². The van der Waals surface area contributed by atoms with Crippen molar-refractivity contribution in [2.45, 2.75) is 13.3 Å². The molecule has 28 heavy (non-hydrogen) atoms. The van der Waals surface area contributed by atoms with Gasteiger partial charge in [0.15, 0.2) is 0 Å². The number of nitrogens with zero attached hydrogens (tertiary/aromatic N) is 1. The molecule has 0 aliphatic carbocycles. The van der Waals surface area contributed by atoms with Crippen LogP contribution in [0.5, 0.6) is 0 Å². The summed E-state index contributed by atoms with van der Waals surface area (Å²) in [5, 5.41) is 2.92. The van der Waals surface area contributed by atoms with Crippen molar-refractivity contribution in [2.75, 3.05) is 26.7 Å². The molecule has 6 heteroatoms. The summed E-state index contributed by atoms with van der Waals surface area (Å²) >= 11 is 0. The fraction of sp³-hybridized carbons (Fsp3) is 0.318. The molecule has 6 nitrogen and oxygen atoms in total. The summed E-state index contributed by atoms with van der Waals surface area (Å²) in [6.45, 7) is 3.86. The van der Waals surface area contributed by atoms with E-state index in [-0.39, 0.29) is 23.7 Å². The van der Waals surface area contributed by atoms with Crippen LogP contribution in [0, 0.1) is 5.92 Å². The molecule has 0 bridgehead atoms. The predicted molar refractivity (Wildman–Crippen MR) is 106 cm³/mol. The number of carbonyl (C=O) groups excluding carboxylic acids is 3. The van der Waals surface area contributed by atoms with E-state index in [1.165, 1.54) is 7.11 Å². The number of nitrogens with one attached hydrogen (secondary N) is 1. The zero-order chi connectivity index (χ0) is 20.1. The Labute approximate surface area is 164 Å². The van der Waals surface area contributed by atoms with Crippen LogP contribution in [0.3, 0.4) is 0 Å². The van der Waals surface area contributed by atoms with E-state index < -0.39 is 0 Å². The third-order valence-corrected chi connectivity index (χ3v) is 4.99. The van der Waals surface area contributed by atoms with Crippen LogP contribution in [0.25, 0.3) is 11.1 Å². The number of esters is 1. The van der Waals surface area contributed by atoms with Gasteiger partial charge in [-0.2, -0.15) is 0 Å². The molecule has 1 atom stereocenters. The second-order valence-corrected chi connectivity index (χ2v) is 6.86. The first-order chi connectivity index (χ1) is 13.5. The van der Waals surface area contributed by atoms with E-state index in [9.17, 15) is 14.4 Å². The molecular formula is C22H24N2O4. The summed E-state index contributed by atoms with van der Waals surface area (Å²) in [7, 11) is 1.35. The summed E-state index contributed by atoms with van der Waals surface area (Å²) in [5.74, 6) is -0.223. The molecule has 0 radical (unpaired) electrons. The Kier molecular flexibility index (Phi) is 6.09. The van der Waals surface area contributed by atoms with Crippen LogP contribution in [-0.2, 0) is 9.53 Å². The summed E-state index contributed by atoms with van der Waals surface area (Å²) in [6, 6.07) is 14.4. The molecule has 1 aliphatic heterocycles. The minimum absolute atomic E-state index is 0.153. The van der Waals surface area contributed by atoms with Crippen molar-refractivity contribution >= 4 is 17.8 Å². The average Bonchev–Trinajstić information content (AvgIpc) is 3.11. The maximum atomic E-state index is 12.4. The Morgan fingerprint density at radius 2 is 1.86 bits per heavy atom. The second kappa shape index (κ2) is 8.69. The average molecular weight is 380 g/mol. The molecule has 3 rings (SSSR count). The summed E-state index contributed by atoms with van der Waals surface area (Å²) in [6.07, 6.45) is 0.490. The highest BCUT2D eigenvalue weighted by Gasteiger charge is 2.28. The predicted octanol–water partition coefficient (Wildman–Crippen LogP) is 2.74. The normalized spacial score (nSPS) is 16.1. The van der Waals surface area contributed by atoms with E-state index in [0.717, 1.165) is 11.1 Å². The molecule has 0 unspecified atom stereocenters. The number of methoxy groups -OCH3 is 1. The van der Waals surface area contributed by atoms with E-state index in [1.54, 1.807) is 30.3 Å². The minimum atomic E-state index is -0.384. The minimum Gasteiger partial charge on any atom is -0.465 e. The van der Waals surface area contributed by atoms with Crippen molar-refractivity contribution in [3.05, 3.63) is 59.7 Å². The van der Waals surface area contributed by atoms with Crippen molar-refractivity contribution in [3.8, 4) is 11.1 Å². The molecule has 1 saturated heterocycles. The maximum Gasteiger partial charge on any atom is 0.337 e. The smallest absolute Gasteiger partial charge is 0.337 e. The summed E-state index contributed by atoms with van der Waals surface area (Å²) in [4.78, 5) is 37.7. The molecule has 0 aromatic heterocycles. The lowest BCUT2D eigenvalue weighted by atomic mass is 10.0. The van der Waals surface area contributed by atoms with Gasteiger partial charge in [0, 0.05) is 37.5 Å². The van der Waals surface area contributed by atoms with Crippen LogP contribution < -0.4 is 5.32 Å². The van der Waals surface area contributed by atoms with Crippen molar-refractivity contribution in [1.29, 1.82) is 0 Å². The number of ether oxygens (including phenoxy) is 1. The van der Waals surface area contributed by atoms with Crippen LogP contribution >= 0.6 is 0 Å².